The highest BCUT2D eigenvalue weighted by molar-refractivity contribution is 7.99. The molecule has 1 N–H and O–H groups in total. The monoisotopic (exact) mass is 454 g/mol. The van der Waals surface area contributed by atoms with E-state index in [1.165, 1.54) is 25.6 Å². The summed E-state index contributed by atoms with van der Waals surface area (Å²) in [6.45, 7) is 5.05. The topological polar surface area (TPSA) is 89.9 Å². The summed E-state index contributed by atoms with van der Waals surface area (Å²) in [6.07, 6.45) is 12.0. The summed E-state index contributed by atoms with van der Waals surface area (Å²) in [5, 5.41) is 8.80. The second-order valence-corrected chi connectivity index (χ2v) is 10.1. The maximum atomic E-state index is 11.7. The first kappa shape index (κ1) is 25.8. The lowest BCUT2D eigenvalue weighted by atomic mass is 9.89. The lowest BCUT2D eigenvalue weighted by Gasteiger charge is -2.23. The SMILES string of the molecule is CCCCCC(C=C[C@@H]1[C@@H]2CC(CCSCC(=O)O)C[C@H]2C[C@H]1OC(C)=O)OC(C)=O. The van der Waals surface area contributed by atoms with Gasteiger partial charge in [0, 0.05) is 19.8 Å². The van der Waals surface area contributed by atoms with Gasteiger partial charge in [0.05, 0.1) is 5.75 Å². The molecule has 2 aliphatic rings. The molecule has 0 aromatic rings. The van der Waals surface area contributed by atoms with Crippen LogP contribution in [0.15, 0.2) is 12.2 Å². The van der Waals surface area contributed by atoms with Crippen molar-refractivity contribution in [1.29, 1.82) is 0 Å². The van der Waals surface area contributed by atoms with Crippen LogP contribution >= 0.6 is 11.8 Å². The number of hydrogen-bond donors (Lipinski definition) is 1. The largest absolute Gasteiger partial charge is 0.481 e. The number of hydrogen-bond acceptors (Lipinski definition) is 6. The van der Waals surface area contributed by atoms with E-state index in [-0.39, 0.29) is 35.8 Å². The molecule has 2 unspecified atom stereocenters. The Hall–Kier alpha value is -1.50. The highest BCUT2D eigenvalue weighted by Crippen LogP contribution is 2.52. The van der Waals surface area contributed by atoms with Gasteiger partial charge in [-0.05, 0) is 68.1 Å². The molecule has 0 saturated heterocycles. The number of ether oxygens (including phenoxy) is 2. The van der Waals surface area contributed by atoms with E-state index in [1.807, 2.05) is 6.08 Å². The van der Waals surface area contributed by atoms with E-state index in [2.05, 4.69) is 13.0 Å². The van der Waals surface area contributed by atoms with Crippen molar-refractivity contribution < 1.29 is 29.0 Å². The molecule has 0 radical (unpaired) electrons. The van der Waals surface area contributed by atoms with Crippen LogP contribution < -0.4 is 0 Å². The van der Waals surface area contributed by atoms with E-state index in [0.29, 0.717) is 17.8 Å². The van der Waals surface area contributed by atoms with Crippen LogP contribution in [-0.2, 0) is 23.9 Å². The molecule has 31 heavy (non-hydrogen) atoms. The summed E-state index contributed by atoms with van der Waals surface area (Å²) >= 11 is 1.48. The van der Waals surface area contributed by atoms with E-state index in [9.17, 15) is 14.4 Å². The Morgan fingerprint density at radius 3 is 2.55 bits per heavy atom. The van der Waals surface area contributed by atoms with Gasteiger partial charge in [0.15, 0.2) is 0 Å². The Morgan fingerprint density at radius 1 is 1.13 bits per heavy atom. The Labute approximate surface area is 190 Å². The quantitative estimate of drug-likeness (QED) is 0.241. The Morgan fingerprint density at radius 2 is 1.90 bits per heavy atom. The minimum Gasteiger partial charge on any atom is -0.481 e. The first-order chi connectivity index (χ1) is 14.8. The number of esters is 2. The molecular formula is C24H38O6S. The van der Waals surface area contributed by atoms with Crippen molar-refractivity contribution >= 4 is 29.7 Å². The fourth-order valence-corrected chi connectivity index (χ4v) is 6.08. The molecule has 2 saturated carbocycles. The predicted molar refractivity (Wildman–Crippen MR) is 122 cm³/mol. The van der Waals surface area contributed by atoms with Gasteiger partial charge in [0.1, 0.15) is 12.2 Å². The van der Waals surface area contributed by atoms with E-state index in [1.54, 1.807) is 0 Å². The molecule has 6 nitrogen and oxygen atoms in total. The molecule has 0 aliphatic heterocycles. The number of aliphatic carboxylic acids is 1. The van der Waals surface area contributed by atoms with Gasteiger partial charge >= 0.3 is 17.9 Å². The average Bonchev–Trinajstić information content (AvgIpc) is 3.19. The number of carboxylic acid groups (broad SMARTS) is 1. The zero-order chi connectivity index (χ0) is 22.8. The third kappa shape index (κ3) is 8.87. The minimum atomic E-state index is -0.760. The van der Waals surface area contributed by atoms with Crippen molar-refractivity contribution in [3.63, 3.8) is 0 Å². The van der Waals surface area contributed by atoms with Gasteiger partial charge in [-0.25, -0.2) is 0 Å². The lowest BCUT2D eigenvalue weighted by molar-refractivity contribution is -0.147. The van der Waals surface area contributed by atoms with E-state index >= 15 is 0 Å². The van der Waals surface area contributed by atoms with Gasteiger partial charge in [-0.2, -0.15) is 11.8 Å². The van der Waals surface area contributed by atoms with Crippen LogP contribution in [0.5, 0.6) is 0 Å². The Bertz CT molecular complexity index is 634. The molecule has 0 aromatic heterocycles. The van der Waals surface area contributed by atoms with Crippen LogP contribution in [0.4, 0.5) is 0 Å². The van der Waals surface area contributed by atoms with Crippen LogP contribution in [0, 0.1) is 23.7 Å². The minimum absolute atomic E-state index is 0.111. The number of unbranched alkanes of at least 4 members (excludes halogenated alkanes) is 2. The first-order valence-electron chi connectivity index (χ1n) is 11.6. The van der Waals surface area contributed by atoms with E-state index < -0.39 is 5.97 Å². The number of thioether (sulfide) groups is 1. The molecule has 6 atom stereocenters. The molecule has 0 amide bonds. The predicted octanol–water partition coefficient (Wildman–Crippen LogP) is 4.86. The molecule has 2 aliphatic carbocycles. The third-order valence-corrected chi connectivity index (χ3v) is 7.45. The Balaban J connectivity index is 2.00. The fourth-order valence-electron chi connectivity index (χ4n) is 5.26. The molecule has 2 fully saturated rings. The van der Waals surface area contributed by atoms with Gasteiger partial charge in [0.25, 0.3) is 0 Å². The maximum absolute atomic E-state index is 11.7. The van der Waals surface area contributed by atoms with Gasteiger partial charge in [-0.3, -0.25) is 14.4 Å². The fraction of sp³-hybridized carbons (Fsp3) is 0.792. The molecule has 2 rings (SSSR count). The van der Waals surface area contributed by atoms with E-state index in [4.69, 9.17) is 14.6 Å². The Kier molecular flexibility index (Phi) is 10.9. The molecule has 0 bridgehead atoms. The number of carbonyl (C=O) groups excluding carboxylic acids is 2. The summed E-state index contributed by atoms with van der Waals surface area (Å²) in [6, 6.07) is 0. The van der Waals surface area contributed by atoms with Crippen molar-refractivity contribution in [3.05, 3.63) is 12.2 Å². The van der Waals surface area contributed by atoms with Crippen LogP contribution in [0.1, 0.15) is 72.1 Å². The number of fused-ring (bicyclic) bond motifs is 1. The van der Waals surface area contributed by atoms with Crippen LogP contribution in [0.2, 0.25) is 0 Å². The summed E-state index contributed by atoms with van der Waals surface area (Å²) in [5.41, 5.74) is 0. The second kappa shape index (κ2) is 13.1. The van der Waals surface area contributed by atoms with Crippen LogP contribution in [0.25, 0.3) is 0 Å². The molecule has 176 valence electrons. The average molecular weight is 455 g/mol. The van der Waals surface area contributed by atoms with Gasteiger partial charge < -0.3 is 14.6 Å². The molecule has 7 heteroatoms. The lowest BCUT2D eigenvalue weighted by Crippen LogP contribution is -2.24. The van der Waals surface area contributed by atoms with Crippen molar-refractivity contribution in [3.8, 4) is 0 Å². The van der Waals surface area contributed by atoms with Crippen LogP contribution in [-0.4, -0.2) is 46.7 Å². The van der Waals surface area contributed by atoms with Crippen molar-refractivity contribution in [2.75, 3.05) is 11.5 Å². The molecule has 0 spiro atoms. The standard InChI is InChI=1S/C24H38O6S/c1-4-5-6-7-20(29-16(2)25)8-9-21-22-13-18(10-11-31-15-24(27)28)12-19(22)14-23(21)30-17(3)26/h8-9,18-23H,4-7,10-15H2,1-3H3,(H,27,28)/t18?,19-,20?,21+,22+,23+/m0/s1. The number of rotatable bonds is 13. The summed E-state index contributed by atoms with van der Waals surface area (Å²) in [7, 11) is 0. The maximum Gasteiger partial charge on any atom is 0.313 e. The van der Waals surface area contributed by atoms with E-state index in [0.717, 1.165) is 57.1 Å². The zero-order valence-corrected chi connectivity index (χ0v) is 19.9. The first-order valence-corrected chi connectivity index (χ1v) is 12.8. The summed E-state index contributed by atoms with van der Waals surface area (Å²) in [5.74, 6) is 1.49. The van der Waals surface area contributed by atoms with Gasteiger partial charge in [-0.1, -0.05) is 25.8 Å². The molecule has 0 aromatic carbocycles. The smallest absolute Gasteiger partial charge is 0.313 e. The van der Waals surface area contributed by atoms with Gasteiger partial charge in [0.2, 0.25) is 0 Å². The highest BCUT2D eigenvalue weighted by Gasteiger charge is 2.48. The second-order valence-electron chi connectivity index (χ2n) is 8.99. The highest BCUT2D eigenvalue weighted by atomic mass is 32.2. The van der Waals surface area contributed by atoms with Gasteiger partial charge in [-0.15, -0.1) is 0 Å². The number of carbonyl (C=O) groups is 3. The zero-order valence-electron chi connectivity index (χ0n) is 19.1. The normalized spacial score (nSPS) is 28.4. The van der Waals surface area contributed by atoms with Crippen molar-refractivity contribution in [1.82, 2.24) is 0 Å². The molecular weight excluding hydrogens is 416 g/mol. The summed E-state index contributed by atoms with van der Waals surface area (Å²) < 4.78 is 11.2. The van der Waals surface area contributed by atoms with Crippen molar-refractivity contribution in [2.24, 2.45) is 23.7 Å². The van der Waals surface area contributed by atoms with Crippen LogP contribution in [0.3, 0.4) is 0 Å². The molecule has 0 heterocycles. The third-order valence-electron chi connectivity index (χ3n) is 6.48. The summed E-state index contributed by atoms with van der Waals surface area (Å²) in [4.78, 5) is 33.9. The van der Waals surface area contributed by atoms with Crippen molar-refractivity contribution in [2.45, 2.75) is 84.3 Å². The number of carboxylic acids is 1.